The molecule has 0 atom stereocenters. The molecule has 2 aromatic heterocycles. The maximum Gasteiger partial charge on any atom is 0.139 e. The van der Waals surface area contributed by atoms with Crippen LogP contribution in [-0.2, 0) is 6.54 Å². The van der Waals surface area contributed by atoms with Crippen molar-refractivity contribution in [2.24, 2.45) is 0 Å². The summed E-state index contributed by atoms with van der Waals surface area (Å²) < 4.78 is 5.29. The Hall–Kier alpha value is -2.63. The first-order valence-corrected chi connectivity index (χ1v) is 9.35. The van der Waals surface area contributed by atoms with Crippen LogP contribution in [0.1, 0.15) is 5.56 Å². The molecule has 0 aliphatic carbocycles. The molecule has 26 heavy (non-hydrogen) atoms. The second-order valence-corrected chi connectivity index (χ2v) is 7.06. The molecular weight excluding hydrogens is 366 g/mol. The lowest BCUT2D eigenvalue weighted by Crippen LogP contribution is -2.02. The number of aromatic nitrogens is 2. The summed E-state index contributed by atoms with van der Waals surface area (Å²) in [7, 11) is 1.67. The molecule has 0 unspecified atom stereocenters. The molecule has 130 valence electrons. The summed E-state index contributed by atoms with van der Waals surface area (Å²) in [6.07, 6.45) is 1.60. The minimum absolute atomic E-state index is 0.652. The Morgan fingerprint density at radius 1 is 1.12 bits per heavy atom. The summed E-state index contributed by atoms with van der Waals surface area (Å²) in [6, 6.07) is 15.8. The monoisotopic (exact) mass is 381 g/mol. The highest BCUT2D eigenvalue weighted by atomic mass is 35.5. The highest BCUT2D eigenvalue weighted by Gasteiger charge is 2.13. The van der Waals surface area contributed by atoms with E-state index in [-0.39, 0.29) is 0 Å². The van der Waals surface area contributed by atoms with Crippen molar-refractivity contribution in [1.29, 1.82) is 0 Å². The summed E-state index contributed by atoms with van der Waals surface area (Å²) in [4.78, 5) is 9.83. The molecule has 0 saturated carbocycles. The van der Waals surface area contributed by atoms with Crippen molar-refractivity contribution in [1.82, 2.24) is 9.97 Å². The van der Waals surface area contributed by atoms with Crippen molar-refractivity contribution in [3.05, 3.63) is 70.8 Å². The van der Waals surface area contributed by atoms with Gasteiger partial charge in [-0.05, 0) is 35.4 Å². The van der Waals surface area contributed by atoms with E-state index >= 15 is 0 Å². The number of hydrogen-bond acceptors (Lipinski definition) is 5. The molecule has 4 aromatic rings. The lowest BCUT2D eigenvalue weighted by molar-refractivity contribution is 0.414. The van der Waals surface area contributed by atoms with Gasteiger partial charge in [-0.3, -0.25) is 0 Å². The number of thiophene rings is 1. The van der Waals surface area contributed by atoms with Gasteiger partial charge in [0.05, 0.1) is 12.5 Å². The van der Waals surface area contributed by atoms with E-state index in [2.05, 4.69) is 26.7 Å². The van der Waals surface area contributed by atoms with Crippen LogP contribution in [0.25, 0.3) is 21.3 Å². The van der Waals surface area contributed by atoms with Crippen LogP contribution in [0.5, 0.6) is 5.75 Å². The predicted octanol–water partition coefficient (Wildman–Crippen LogP) is 5.63. The Morgan fingerprint density at radius 3 is 2.77 bits per heavy atom. The van der Waals surface area contributed by atoms with Crippen LogP contribution < -0.4 is 10.1 Å². The summed E-state index contributed by atoms with van der Waals surface area (Å²) >= 11 is 7.63. The second-order valence-electron chi connectivity index (χ2n) is 5.76. The van der Waals surface area contributed by atoms with Crippen LogP contribution >= 0.6 is 22.9 Å². The minimum Gasteiger partial charge on any atom is -0.497 e. The van der Waals surface area contributed by atoms with Gasteiger partial charge in [-0.25, -0.2) is 9.97 Å². The Kier molecular flexibility index (Phi) is 4.73. The van der Waals surface area contributed by atoms with Crippen molar-refractivity contribution in [2.45, 2.75) is 6.54 Å². The lowest BCUT2D eigenvalue weighted by Gasteiger charge is -2.09. The fraction of sp³-hybridized carbons (Fsp3) is 0.100. The van der Waals surface area contributed by atoms with E-state index in [4.69, 9.17) is 16.3 Å². The zero-order chi connectivity index (χ0) is 17.9. The van der Waals surface area contributed by atoms with E-state index in [1.165, 1.54) is 0 Å². The van der Waals surface area contributed by atoms with Gasteiger partial charge in [0.25, 0.3) is 0 Å². The first-order valence-electron chi connectivity index (χ1n) is 8.09. The molecule has 0 fully saturated rings. The van der Waals surface area contributed by atoms with E-state index in [0.29, 0.717) is 6.54 Å². The Labute approximate surface area is 160 Å². The molecule has 0 amide bonds. The van der Waals surface area contributed by atoms with E-state index in [9.17, 15) is 0 Å². The maximum absolute atomic E-state index is 6.02. The quantitative estimate of drug-likeness (QED) is 0.486. The number of halogens is 1. The third kappa shape index (κ3) is 3.36. The molecule has 1 N–H and O–H groups in total. The van der Waals surface area contributed by atoms with Crippen molar-refractivity contribution in [2.75, 3.05) is 12.4 Å². The molecule has 0 spiro atoms. The first-order chi connectivity index (χ1) is 12.7. The molecule has 0 radical (unpaired) electrons. The van der Waals surface area contributed by atoms with Gasteiger partial charge in [-0.15, -0.1) is 11.3 Å². The highest BCUT2D eigenvalue weighted by Crippen LogP contribution is 2.37. The van der Waals surface area contributed by atoms with Gasteiger partial charge in [0.2, 0.25) is 0 Å². The van der Waals surface area contributed by atoms with Crippen LogP contribution in [0.2, 0.25) is 5.02 Å². The number of methoxy groups -OCH3 is 1. The van der Waals surface area contributed by atoms with Crippen molar-refractivity contribution in [3.63, 3.8) is 0 Å². The average molecular weight is 382 g/mol. The zero-order valence-corrected chi connectivity index (χ0v) is 15.6. The van der Waals surface area contributed by atoms with Crippen LogP contribution in [-0.4, -0.2) is 17.1 Å². The summed E-state index contributed by atoms with van der Waals surface area (Å²) in [6.45, 7) is 0.652. The normalized spacial score (nSPS) is 10.8. The topological polar surface area (TPSA) is 47.0 Å². The van der Waals surface area contributed by atoms with Crippen LogP contribution in [0.15, 0.2) is 60.2 Å². The fourth-order valence-electron chi connectivity index (χ4n) is 2.82. The summed E-state index contributed by atoms with van der Waals surface area (Å²) in [5.74, 6) is 1.67. The average Bonchev–Trinajstić information content (AvgIpc) is 3.12. The van der Waals surface area contributed by atoms with Gasteiger partial charge in [0, 0.05) is 22.5 Å². The minimum atomic E-state index is 0.652. The predicted molar refractivity (Wildman–Crippen MR) is 108 cm³/mol. The molecule has 6 heteroatoms. The summed E-state index contributed by atoms with van der Waals surface area (Å²) in [5.41, 5.74) is 3.33. The highest BCUT2D eigenvalue weighted by molar-refractivity contribution is 7.17. The molecular formula is C20H16ClN3OS. The van der Waals surface area contributed by atoms with E-state index < -0.39 is 0 Å². The first kappa shape index (κ1) is 16.8. The molecule has 2 aromatic carbocycles. The number of nitrogens with zero attached hydrogens (tertiary/aromatic N) is 2. The molecule has 0 saturated heterocycles. The number of hydrogen-bond donors (Lipinski definition) is 1. The van der Waals surface area contributed by atoms with E-state index in [0.717, 1.165) is 43.5 Å². The number of anilines is 1. The molecule has 4 rings (SSSR count). The number of rotatable bonds is 5. The van der Waals surface area contributed by atoms with Crippen molar-refractivity contribution >= 4 is 39.0 Å². The van der Waals surface area contributed by atoms with Gasteiger partial charge in [-0.2, -0.15) is 0 Å². The van der Waals surface area contributed by atoms with Gasteiger partial charge in [-0.1, -0.05) is 35.9 Å². The lowest BCUT2D eigenvalue weighted by atomic mass is 10.1. The van der Waals surface area contributed by atoms with Gasteiger partial charge in [0.15, 0.2) is 0 Å². The molecule has 0 bridgehead atoms. The van der Waals surface area contributed by atoms with Crippen LogP contribution in [0.3, 0.4) is 0 Å². The smallest absolute Gasteiger partial charge is 0.139 e. The molecule has 4 nitrogen and oxygen atoms in total. The molecule has 0 aliphatic rings. The summed E-state index contributed by atoms with van der Waals surface area (Å²) in [5, 5.41) is 7.30. The SMILES string of the molecule is COc1cccc(CNc2ncnc3scc(-c4ccc(Cl)cc4)c23)c1. The van der Waals surface area contributed by atoms with Crippen LogP contribution in [0, 0.1) is 0 Å². The number of benzene rings is 2. The number of nitrogens with one attached hydrogen (secondary N) is 1. The third-order valence-electron chi connectivity index (χ3n) is 4.12. The Balaban J connectivity index is 1.68. The number of ether oxygens (including phenoxy) is 1. The van der Waals surface area contributed by atoms with E-state index in [1.54, 1.807) is 24.8 Å². The van der Waals surface area contributed by atoms with Crippen molar-refractivity contribution in [3.8, 4) is 16.9 Å². The van der Waals surface area contributed by atoms with E-state index in [1.807, 2.05) is 42.5 Å². The maximum atomic E-state index is 6.02. The second kappa shape index (κ2) is 7.32. The molecule has 0 aliphatic heterocycles. The molecule has 2 heterocycles. The third-order valence-corrected chi connectivity index (χ3v) is 5.26. The van der Waals surface area contributed by atoms with Gasteiger partial charge < -0.3 is 10.1 Å². The van der Waals surface area contributed by atoms with Gasteiger partial charge >= 0.3 is 0 Å². The fourth-order valence-corrected chi connectivity index (χ4v) is 3.86. The van der Waals surface area contributed by atoms with Gasteiger partial charge in [0.1, 0.15) is 22.7 Å². The zero-order valence-electron chi connectivity index (χ0n) is 14.1. The van der Waals surface area contributed by atoms with Crippen LogP contribution in [0.4, 0.5) is 5.82 Å². The van der Waals surface area contributed by atoms with Crippen molar-refractivity contribution < 1.29 is 4.74 Å². The Bertz CT molecular complexity index is 1050. The Morgan fingerprint density at radius 2 is 1.96 bits per heavy atom. The number of fused-ring (bicyclic) bond motifs is 1. The largest absolute Gasteiger partial charge is 0.497 e. The standard InChI is InChI=1S/C20H16ClN3OS/c1-25-16-4-2-3-13(9-16)10-22-19-18-17(11-26-20(18)24-12-23-19)14-5-7-15(21)8-6-14/h2-9,11-12H,10H2,1H3,(H,22,23,24).